The maximum Gasteiger partial charge on any atom is 0.251 e. The van der Waals surface area contributed by atoms with Crippen LogP contribution in [-0.2, 0) is 14.4 Å². The van der Waals surface area contributed by atoms with E-state index >= 15 is 0 Å². The molecule has 21 heteroatoms. The van der Waals surface area contributed by atoms with Crippen LogP contribution in [0.5, 0.6) is 0 Å². The number of carbonyl (C=O) groups excluding carboxylic acids is 6. The lowest BCUT2D eigenvalue weighted by atomic mass is 9.92. The second-order valence-electron chi connectivity index (χ2n) is 32.4. The van der Waals surface area contributed by atoms with Crippen LogP contribution in [0.4, 0.5) is 0 Å². The average molecular weight is 1560 g/mol. The molecule has 11 rings (SSSR count). The zero-order chi connectivity index (χ0) is 78.1. The molecule has 6 aromatic rings. The van der Waals surface area contributed by atoms with Gasteiger partial charge in [-0.1, -0.05) is 166 Å². The number of halogens is 3. The zero-order valence-electron chi connectivity index (χ0n) is 66.6. The first-order valence-corrected chi connectivity index (χ1v) is 42.3. The first-order chi connectivity index (χ1) is 52.5. The fraction of sp³-hybridized carbons (Fsp3) is 0.591. The lowest BCUT2D eigenvalue weighted by molar-refractivity contribution is -0.134. The molecule has 9 atom stereocenters. The highest BCUT2D eigenvalue weighted by Gasteiger charge is 2.36. The van der Waals surface area contributed by atoms with E-state index in [2.05, 4.69) is 114 Å². The van der Waals surface area contributed by atoms with Gasteiger partial charge in [0.2, 0.25) is 17.7 Å². The van der Waals surface area contributed by atoms with Crippen molar-refractivity contribution in [2.45, 2.75) is 195 Å². The Morgan fingerprint density at radius 1 is 0.404 bits per heavy atom. The molecule has 5 heterocycles. The summed E-state index contributed by atoms with van der Waals surface area (Å²) in [7, 11) is 0. The molecule has 596 valence electrons. The van der Waals surface area contributed by atoms with E-state index in [-0.39, 0.29) is 71.7 Å². The summed E-state index contributed by atoms with van der Waals surface area (Å²) in [5.74, 6) is 3.37. The summed E-state index contributed by atoms with van der Waals surface area (Å²) in [6.45, 7) is 32.9. The number of benzene rings is 6. The van der Waals surface area contributed by atoms with Crippen molar-refractivity contribution in [2.75, 3.05) is 105 Å². The van der Waals surface area contributed by atoms with Gasteiger partial charge in [0.1, 0.15) is 0 Å². The van der Waals surface area contributed by atoms with Gasteiger partial charge in [0.25, 0.3) is 17.7 Å². The minimum Gasteiger partial charge on any atom is -0.350 e. The number of hydrogen-bond acceptors (Lipinski definition) is 12. The Labute approximate surface area is 665 Å². The molecule has 0 radical (unpaired) electrons. The number of rotatable bonds is 29. The minimum atomic E-state index is -0.311. The fourth-order valence-electron chi connectivity index (χ4n) is 16.4. The van der Waals surface area contributed by atoms with Gasteiger partial charge in [-0.05, 0) is 238 Å². The molecule has 6 aromatic carbocycles. The van der Waals surface area contributed by atoms with E-state index in [0.717, 1.165) is 156 Å². The van der Waals surface area contributed by atoms with Gasteiger partial charge in [-0.25, -0.2) is 0 Å². The predicted octanol–water partition coefficient (Wildman–Crippen LogP) is 14.5. The molecule has 18 nitrogen and oxygen atoms in total. The topological polar surface area (TPSA) is 217 Å². The molecule has 5 aliphatic heterocycles. The Balaban J connectivity index is 0.000000189. The van der Waals surface area contributed by atoms with Gasteiger partial charge in [0, 0.05) is 122 Å². The Hall–Kier alpha value is -6.45. The highest BCUT2D eigenvalue weighted by atomic mass is 35.5. The maximum atomic E-state index is 13.7. The molecule has 109 heavy (non-hydrogen) atoms. The summed E-state index contributed by atoms with van der Waals surface area (Å²) in [5.41, 5.74) is 7.68. The first-order valence-electron chi connectivity index (χ1n) is 41.2. The number of likely N-dealkylation sites (tertiary alicyclic amines) is 2. The molecule has 8 N–H and O–H groups in total. The van der Waals surface area contributed by atoms with Gasteiger partial charge in [-0.15, -0.1) is 0 Å². The third kappa shape index (κ3) is 26.1. The van der Waals surface area contributed by atoms with Crippen molar-refractivity contribution in [1.29, 1.82) is 0 Å². The van der Waals surface area contributed by atoms with Crippen LogP contribution in [0.2, 0.25) is 15.1 Å². The molecular weight excluding hydrogens is 1430 g/mol. The van der Waals surface area contributed by atoms with Gasteiger partial charge in [-0.3, -0.25) is 28.8 Å². The highest BCUT2D eigenvalue weighted by Crippen LogP contribution is 2.28. The summed E-state index contributed by atoms with van der Waals surface area (Å²) < 4.78 is 0. The number of carbonyl (C=O) groups is 6. The van der Waals surface area contributed by atoms with E-state index < -0.39 is 0 Å². The van der Waals surface area contributed by atoms with Crippen LogP contribution >= 0.6 is 34.8 Å². The lowest BCUT2D eigenvalue weighted by Gasteiger charge is -2.31. The maximum absolute atomic E-state index is 13.7. The van der Waals surface area contributed by atoms with Crippen LogP contribution in [-0.4, -0.2) is 201 Å². The number of nitrogens with one attached hydrogen (secondary N) is 6. The molecule has 0 aromatic heterocycles. The second kappa shape index (κ2) is 43.5. The van der Waals surface area contributed by atoms with E-state index in [1.165, 1.54) is 38.5 Å². The van der Waals surface area contributed by atoms with Crippen LogP contribution in [0.3, 0.4) is 0 Å². The summed E-state index contributed by atoms with van der Waals surface area (Å²) in [5, 5.41) is 28.1. The van der Waals surface area contributed by atoms with Crippen molar-refractivity contribution in [1.82, 2.24) is 56.4 Å². The summed E-state index contributed by atoms with van der Waals surface area (Å²) >= 11 is 18.3. The third-order valence-electron chi connectivity index (χ3n) is 23.7. The summed E-state index contributed by atoms with van der Waals surface area (Å²) in [6, 6.07) is 33.4. The largest absolute Gasteiger partial charge is 0.350 e. The van der Waals surface area contributed by atoms with Crippen LogP contribution in [0, 0.1) is 35.5 Å². The number of hydrogen-bond donors (Lipinski definition) is 7. The minimum absolute atomic E-state index is 0.0119. The zero-order valence-corrected chi connectivity index (χ0v) is 68.9. The Kier molecular flexibility index (Phi) is 34.6. The summed E-state index contributed by atoms with van der Waals surface area (Å²) in [6.07, 6.45) is 15.5. The molecule has 5 saturated heterocycles. The number of nitrogens with two attached hydrogens (primary N) is 1. The number of nitrogens with zero attached hydrogens (tertiary/aromatic N) is 5. The van der Waals surface area contributed by atoms with Gasteiger partial charge < -0.3 is 62.1 Å². The van der Waals surface area contributed by atoms with Crippen molar-refractivity contribution < 1.29 is 28.8 Å². The van der Waals surface area contributed by atoms with Crippen molar-refractivity contribution in [3.63, 3.8) is 0 Å². The van der Waals surface area contributed by atoms with Crippen LogP contribution in [0.15, 0.2) is 109 Å². The molecular formula is C88H127Cl3N12O6. The fourth-order valence-corrected chi connectivity index (χ4v) is 16.9. The molecule has 0 unspecified atom stereocenters. The van der Waals surface area contributed by atoms with Crippen LogP contribution in [0.1, 0.15) is 190 Å². The standard InChI is InChI=1S/2C31H45ClN4O2.C26H37ClN4O2/c2*1-4-23(22(2)3)21-36-17-12-28(34-29(31(36)38)13-16-35-14-6-5-7-15-35)20-33-30(37)26-9-8-25-19-27(32)11-10-24(25)18-26;1-4-18(17(2)3)16-31-12-10-23(30-24(9-11-28)26(31)33)15-29-25(32)21-6-5-20-14-22(27)8-7-19(20)13-21/h2*8-11,18-19,22-23,28-29,34H,4-7,12-17,20-21H2,1-3H3,(H,33,37);5-8,13-14,17-18,23-24,30H,4,9-12,15-16,28H2,1-3H3,(H,29,32)/t23-,28+,29+;23-,28-,29-;18-,23+,24+/m101/s1. The van der Waals surface area contributed by atoms with Crippen molar-refractivity contribution >= 4 is 103 Å². The average Bonchev–Trinajstić information content (AvgIpc) is 1.42. The van der Waals surface area contributed by atoms with Crippen molar-refractivity contribution in [3.05, 3.63) is 141 Å². The van der Waals surface area contributed by atoms with E-state index in [0.29, 0.717) is 106 Å². The van der Waals surface area contributed by atoms with Crippen LogP contribution in [0.25, 0.3) is 32.3 Å². The molecule has 5 fully saturated rings. The van der Waals surface area contributed by atoms with E-state index in [4.69, 9.17) is 40.5 Å². The smallest absolute Gasteiger partial charge is 0.251 e. The monoisotopic (exact) mass is 1550 g/mol. The number of piperidine rings is 2. The van der Waals surface area contributed by atoms with Gasteiger partial charge >= 0.3 is 0 Å². The van der Waals surface area contributed by atoms with Crippen LogP contribution < -0.4 is 37.6 Å². The van der Waals surface area contributed by atoms with Gasteiger partial charge in [0.05, 0.1) is 18.1 Å². The molecule has 0 aliphatic carbocycles. The molecule has 0 spiro atoms. The first kappa shape index (κ1) is 86.5. The summed E-state index contributed by atoms with van der Waals surface area (Å²) in [4.78, 5) is 90.6. The van der Waals surface area contributed by atoms with Gasteiger partial charge in [0.15, 0.2) is 0 Å². The van der Waals surface area contributed by atoms with Gasteiger partial charge in [-0.2, -0.15) is 0 Å². The number of amides is 6. The highest BCUT2D eigenvalue weighted by molar-refractivity contribution is 6.32. The van der Waals surface area contributed by atoms with E-state index in [1.807, 2.05) is 114 Å². The molecule has 0 bridgehead atoms. The Morgan fingerprint density at radius 3 is 0.954 bits per heavy atom. The Morgan fingerprint density at radius 2 is 0.679 bits per heavy atom. The SMILES string of the molecule is CC[C@@H](CN1CC[C@@H](CNC(=O)c2ccc3cc(Cl)ccc3c2)N[C@@H](CCN2CCCCC2)C1=O)C(C)C.CC[C@H](CN1CC[C@@H](CNC(=O)c2ccc3cc(Cl)ccc3c2)N[C@@H](CCN)C1=O)C(C)C.CC[C@H](CN1CC[C@@H](CNC(=O)c2ccc3cc(Cl)ccc3c2)N[C@@H](CCN2CCCCC2)C1=O)C(C)C. The lowest BCUT2D eigenvalue weighted by Crippen LogP contribution is -2.50. The predicted molar refractivity (Wildman–Crippen MR) is 449 cm³/mol. The quantitative estimate of drug-likeness (QED) is 0.0233. The normalized spacial score (nSPS) is 21.5. The van der Waals surface area contributed by atoms with Crippen molar-refractivity contribution in [3.8, 4) is 0 Å². The van der Waals surface area contributed by atoms with Crippen molar-refractivity contribution in [2.24, 2.45) is 41.2 Å². The number of fused-ring (bicyclic) bond motifs is 3. The van der Waals surface area contributed by atoms with E-state index in [1.54, 1.807) is 0 Å². The molecule has 0 saturated carbocycles. The van der Waals surface area contributed by atoms with E-state index in [9.17, 15) is 28.8 Å². The second-order valence-corrected chi connectivity index (χ2v) is 33.7. The molecule has 5 aliphatic rings. The third-order valence-corrected chi connectivity index (χ3v) is 24.4. The molecule has 6 amide bonds. The Bertz CT molecular complexity index is 3750.